The number of hydrogen-bond donors (Lipinski definition) is 0. The summed E-state index contributed by atoms with van der Waals surface area (Å²) in [7, 11) is 0. The standard InChI is InChI=1S/C38H25F2N3OS.Pt/c39-30-20-31(40)33(21-32(30)43-22-27-23-15-16-24(18-23)37(27)42-43)44-26-9-7-8-25(19-26)38(36-14-5-6-17-41-36)28-10-1-3-12-34(28)45-35-13-4-2-11-29(35)38;/h1-14,17,20,22-24H,15-16,18H2;/q-2;+2/t23-,24+;/m0./s1. The Bertz CT molecular complexity index is 2040. The molecule has 1 saturated carbocycles. The van der Waals surface area contributed by atoms with Gasteiger partial charge in [-0.25, -0.2) is 0 Å². The Kier molecular flexibility index (Phi) is 7.22. The smallest absolute Gasteiger partial charge is 0.506 e. The summed E-state index contributed by atoms with van der Waals surface area (Å²) in [6.07, 6.45) is 7.02. The summed E-state index contributed by atoms with van der Waals surface area (Å²) < 4.78 is 38.0. The fourth-order valence-electron chi connectivity index (χ4n) is 7.49. The number of fused-ring (bicyclic) bond motifs is 7. The fourth-order valence-corrected chi connectivity index (χ4v) is 8.68. The number of aromatic nitrogens is 3. The molecule has 3 heterocycles. The monoisotopic (exact) mass is 804 g/mol. The molecule has 0 amide bonds. The van der Waals surface area contributed by atoms with Crippen molar-refractivity contribution in [2.45, 2.75) is 46.3 Å². The van der Waals surface area contributed by atoms with Gasteiger partial charge in [0.05, 0.1) is 22.6 Å². The van der Waals surface area contributed by atoms with Gasteiger partial charge in [0.25, 0.3) is 0 Å². The second-order valence-electron chi connectivity index (χ2n) is 11.9. The van der Waals surface area contributed by atoms with Crippen molar-refractivity contribution in [3.63, 3.8) is 0 Å². The summed E-state index contributed by atoms with van der Waals surface area (Å²) in [5.74, 6) is -0.639. The van der Waals surface area contributed by atoms with Crippen LogP contribution in [-0.2, 0) is 26.5 Å². The molecule has 1 fully saturated rings. The van der Waals surface area contributed by atoms with Crippen molar-refractivity contribution in [2.75, 3.05) is 0 Å². The maximum absolute atomic E-state index is 15.3. The molecule has 6 aromatic rings. The van der Waals surface area contributed by atoms with Gasteiger partial charge in [-0.3, -0.25) is 18.4 Å². The maximum atomic E-state index is 15.3. The summed E-state index contributed by atoms with van der Waals surface area (Å²) in [6, 6.07) is 35.3. The van der Waals surface area contributed by atoms with Crippen molar-refractivity contribution in [3.05, 3.63) is 161 Å². The van der Waals surface area contributed by atoms with E-state index in [-0.39, 0.29) is 38.3 Å². The molecule has 2 atom stereocenters. The molecule has 4 nitrogen and oxygen atoms in total. The van der Waals surface area contributed by atoms with Gasteiger partial charge >= 0.3 is 21.1 Å². The van der Waals surface area contributed by atoms with Crippen molar-refractivity contribution >= 4 is 11.8 Å². The molecule has 8 heteroatoms. The first kappa shape index (κ1) is 29.3. The minimum Gasteiger partial charge on any atom is -0.506 e. The van der Waals surface area contributed by atoms with Crippen LogP contribution in [0.1, 0.15) is 64.7 Å². The van der Waals surface area contributed by atoms with Crippen LogP contribution in [0.3, 0.4) is 0 Å². The quantitative estimate of drug-likeness (QED) is 0.163. The number of ether oxygens (including phenoxy) is 1. The van der Waals surface area contributed by atoms with E-state index in [1.807, 2.05) is 60.8 Å². The molecule has 46 heavy (non-hydrogen) atoms. The Balaban J connectivity index is 0.00000312. The van der Waals surface area contributed by atoms with Crippen LogP contribution in [0, 0.1) is 23.8 Å². The first-order chi connectivity index (χ1) is 22.1. The van der Waals surface area contributed by atoms with Gasteiger partial charge in [0.15, 0.2) is 0 Å². The molecular weight excluding hydrogens is 780 g/mol. The third-order valence-corrected chi connectivity index (χ3v) is 10.6. The van der Waals surface area contributed by atoms with Crippen molar-refractivity contribution in [3.8, 4) is 17.2 Å². The molecule has 228 valence electrons. The molecule has 4 aromatic carbocycles. The molecular formula is C38H25F2N3OPtS. The summed E-state index contributed by atoms with van der Waals surface area (Å²) in [4.78, 5) is 7.11. The molecule has 0 radical (unpaired) electrons. The van der Waals surface area contributed by atoms with E-state index in [0.717, 1.165) is 68.8 Å². The summed E-state index contributed by atoms with van der Waals surface area (Å²) in [5.41, 5.74) is 5.18. The van der Waals surface area contributed by atoms with Gasteiger partial charge in [-0.15, -0.1) is 23.8 Å². The molecule has 2 bridgehead atoms. The maximum Gasteiger partial charge on any atom is 2.00 e. The van der Waals surface area contributed by atoms with E-state index in [9.17, 15) is 0 Å². The first-order valence-electron chi connectivity index (χ1n) is 15.1. The molecule has 9 rings (SSSR count). The van der Waals surface area contributed by atoms with Crippen LogP contribution in [0.4, 0.5) is 8.78 Å². The Labute approximate surface area is 284 Å². The van der Waals surface area contributed by atoms with Gasteiger partial charge in [-0.2, -0.15) is 17.2 Å². The van der Waals surface area contributed by atoms with Crippen LogP contribution in [0.25, 0.3) is 5.69 Å². The summed E-state index contributed by atoms with van der Waals surface area (Å²) in [5, 5.41) is 4.69. The van der Waals surface area contributed by atoms with Gasteiger partial charge in [0.2, 0.25) is 0 Å². The SMILES string of the molecule is Fc1cc(F)c(-n2cc3c(n2)[C@@H]2CC[C@H]3C2)[c-]c1Oc1[c-]c(C2(c3ccccn3)c3ccccc3Sc3ccccc32)ccc1.[Pt+2]. The van der Waals surface area contributed by atoms with E-state index in [4.69, 9.17) is 14.8 Å². The average molecular weight is 805 g/mol. The molecule has 1 aliphatic heterocycles. The Morgan fingerprint density at radius 2 is 1.57 bits per heavy atom. The fraction of sp³-hybridized carbons (Fsp3) is 0.158. The largest absolute Gasteiger partial charge is 2.00 e. The zero-order chi connectivity index (χ0) is 30.1. The minimum absolute atomic E-state index is 0. The van der Waals surface area contributed by atoms with E-state index < -0.39 is 17.0 Å². The first-order valence-corrected chi connectivity index (χ1v) is 15.9. The van der Waals surface area contributed by atoms with Crippen molar-refractivity contribution in [1.29, 1.82) is 0 Å². The molecule has 0 unspecified atom stereocenters. The third kappa shape index (κ3) is 4.43. The summed E-state index contributed by atoms with van der Waals surface area (Å²) in [6.45, 7) is 0. The van der Waals surface area contributed by atoms with Crippen LogP contribution in [0.2, 0.25) is 0 Å². The average Bonchev–Trinajstić information content (AvgIpc) is 3.81. The van der Waals surface area contributed by atoms with Crippen LogP contribution >= 0.6 is 11.8 Å². The predicted octanol–water partition coefficient (Wildman–Crippen LogP) is 9.15. The van der Waals surface area contributed by atoms with Crippen LogP contribution in [-0.4, -0.2) is 14.8 Å². The molecule has 2 aromatic heterocycles. The van der Waals surface area contributed by atoms with Crippen molar-refractivity contribution in [1.82, 2.24) is 14.8 Å². The number of hydrogen-bond acceptors (Lipinski definition) is 4. The van der Waals surface area contributed by atoms with E-state index in [2.05, 4.69) is 36.4 Å². The van der Waals surface area contributed by atoms with Gasteiger partial charge in [0, 0.05) is 45.4 Å². The number of pyridine rings is 1. The Hall–Kier alpha value is -4.06. The van der Waals surface area contributed by atoms with Crippen LogP contribution in [0.5, 0.6) is 11.5 Å². The Morgan fingerprint density at radius 3 is 2.30 bits per heavy atom. The van der Waals surface area contributed by atoms with Crippen molar-refractivity contribution in [2.24, 2.45) is 0 Å². The van der Waals surface area contributed by atoms with E-state index >= 15 is 8.78 Å². The number of nitrogens with zero attached hydrogens (tertiary/aromatic N) is 3. The summed E-state index contributed by atoms with van der Waals surface area (Å²) >= 11 is 1.72. The number of halogens is 2. The van der Waals surface area contributed by atoms with Gasteiger partial charge < -0.3 is 4.74 Å². The van der Waals surface area contributed by atoms with E-state index in [1.165, 1.54) is 4.68 Å². The van der Waals surface area contributed by atoms with E-state index in [0.29, 0.717) is 11.8 Å². The zero-order valence-electron chi connectivity index (χ0n) is 24.3. The minimum atomic E-state index is -0.848. The second kappa shape index (κ2) is 11.3. The topological polar surface area (TPSA) is 39.9 Å². The van der Waals surface area contributed by atoms with Crippen LogP contribution in [0.15, 0.2) is 113 Å². The molecule has 0 spiro atoms. The van der Waals surface area contributed by atoms with Gasteiger partial charge in [-0.1, -0.05) is 60.3 Å². The van der Waals surface area contributed by atoms with E-state index in [1.54, 1.807) is 24.0 Å². The Morgan fingerprint density at radius 1 is 0.826 bits per heavy atom. The second-order valence-corrected chi connectivity index (χ2v) is 12.9. The van der Waals surface area contributed by atoms with Crippen molar-refractivity contribution < 1.29 is 34.6 Å². The predicted molar refractivity (Wildman–Crippen MR) is 167 cm³/mol. The number of rotatable bonds is 5. The molecule has 2 aliphatic carbocycles. The zero-order valence-corrected chi connectivity index (χ0v) is 27.4. The molecule has 3 aliphatic rings. The molecule has 0 saturated heterocycles. The third-order valence-electron chi connectivity index (χ3n) is 9.42. The normalized spacial score (nSPS) is 18.3. The molecule has 0 N–H and O–H groups in total. The van der Waals surface area contributed by atoms with Gasteiger partial charge in [-0.05, 0) is 71.8 Å². The van der Waals surface area contributed by atoms with Gasteiger partial charge in [0.1, 0.15) is 0 Å². The van der Waals surface area contributed by atoms with Crippen LogP contribution < -0.4 is 4.74 Å². The number of benzene rings is 4.